The van der Waals surface area contributed by atoms with Gasteiger partial charge in [0.2, 0.25) is 5.91 Å². The largest absolute Gasteiger partial charge is 0.508 e. The van der Waals surface area contributed by atoms with E-state index in [9.17, 15) is 19.5 Å². The van der Waals surface area contributed by atoms with E-state index in [-0.39, 0.29) is 28.6 Å². The molecule has 0 aliphatic heterocycles. The lowest BCUT2D eigenvalue weighted by Crippen LogP contribution is -2.49. The summed E-state index contributed by atoms with van der Waals surface area (Å²) in [6.07, 6.45) is 1.45. The SMILES string of the molecule is CC(C)(C)NC(=O)C(c1ccc(O)cc1)N(Cc1ccco1)C(=O)c1snc(C(N)=O)c1N. The Kier molecular flexibility index (Phi) is 6.73. The molecule has 3 aromatic rings. The van der Waals surface area contributed by atoms with Crippen molar-refractivity contribution in [2.24, 2.45) is 5.73 Å². The van der Waals surface area contributed by atoms with Gasteiger partial charge in [-0.15, -0.1) is 0 Å². The van der Waals surface area contributed by atoms with E-state index >= 15 is 0 Å². The highest BCUT2D eigenvalue weighted by atomic mass is 32.1. The van der Waals surface area contributed by atoms with Crippen LogP contribution in [0.1, 0.15) is 58.3 Å². The molecule has 10 nitrogen and oxygen atoms in total. The molecule has 11 heteroatoms. The topological polar surface area (TPSA) is 165 Å². The van der Waals surface area contributed by atoms with Crippen LogP contribution in [0.5, 0.6) is 5.75 Å². The molecule has 1 unspecified atom stereocenters. The van der Waals surface area contributed by atoms with Crippen LogP contribution in [0.3, 0.4) is 0 Å². The number of carbonyl (C=O) groups excluding carboxylic acids is 3. The second-order valence-electron chi connectivity index (χ2n) is 8.38. The van der Waals surface area contributed by atoms with E-state index in [0.717, 1.165) is 11.5 Å². The third kappa shape index (κ3) is 5.50. The molecule has 0 saturated carbocycles. The Labute approximate surface area is 194 Å². The molecule has 1 aromatic carbocycles. The number of amides is 3. The second kappa shape index (κ2) is 9.33. The fourth-order valence-corrected chi connectivity index (χ4v) is 3.94. The third-order valence-corrected chi connectivity index (χ3v) is 5.44. The average molecular weight is 472 g/mol. The standard InChI is InChI=1S/C22H25N5O5S/c1-22(2,3)25-20(30)17(12-6-8-13(28)9-7-12)27(11-14-5-4-10-32-14)21(31)18-15(23)16(19(24)29)26-33-18/h4-10,17,28H,11,23H2,1-3H3,(H2,24,29)(H,25,30). The number of carbonyl (C=O) groups is 3. The van der Waals surface area contributed by atoms with Crippen molar-refractivity contribution in [2.45, 2.75) is 38.9 Å². The van der Waals surface area contributed by atoms with E-state index in [1.165, 1.54) is 23.3 Å². The van der Waals surface area contributed by atoms with E-state index in [1.54, 1.807) is 24.3 Å². The van der Waals surface area contributed by atoms with Gasteiger partial charge in [0, 0.05) is 5.54 Å². The van der Waals surface area contributed by atoms with Gasteiger partial charge in [-0.25, -0.2) is 0 Å². The Morgan fingerprint density at radius 1 is 1.21 bits per heavy atom. The summed E-state index contributed by atoms with van der Waals surface area (Å²) in [5, 5.41) is 12.6. The normalized spacial score (nSPS) is 12.2. The summed E-state index contributed by atoms with van der Waals surface area (Å²) >= 11 is 0.724. The van der Waals surface area contributed by atoms with Gasteiger partial charge in [-0.05, 0) is 62.1 Å². The van der Waals surface area contributed by atoms with Crippen molar-refractivity contribution in [3.05, 3.63) is 64.6 Å². The number of rotatable bonds is 7. The molecule has 3 amide bonds. The molecule has 0 spiro atoms. The predicted molar refractivity (Wildman–Crippen MR) is 122 cm³/mol. The minimum absolute atomic E-state index is 0.00967. The Bertz CT molecular complexity index is 1150. The highest BCUT2D eigenvalue weighted by molar-refractivity contribution is 7.09. The zero-order chi connectivity index (χ0) is 24.3. The number of nitrogens with two attached hydrogens (primary N) is 2. The van der Waals surface area contributed by atoms with Crippen molar-refractivity contribution in [3.8, 4) is 5.75 Å². The van der Waals surface area contributed by atoms with Gasteiger partial charge < -0.3 is 31.2 Å². The molecular formula is C22H25N5O5S. The third-order valence-electron chi connectivity index (χ3n) is 4.59. The lowest BCUT2D eigenvalue weighted by atomic mass is 10.0. The maximum atomic E-state index is 13.7. The van der Waals surface area contributed by atoms with Crippen molar-refractivity contribution >= 4 is 34.9 Å². The maximum absolute atomic E-state index is 13.7. The molecule has 1 atom stereocenters. The van der Waals surface area contributed by atoms with Gasteiger partial charge in [-0.1, -0.05) is 12.1 Å². The van der Waals surface area contributed by atoms with E-state index in [1.807, 2.05) is 20.8 Å². The first-order chi connectivity index (χ1) is 15.5. The monoisotopic (exact) mass is 471 g/mol. The van der Waals surface area contributed by atoms with E-state index < -0.39 is 29.3 Å². The number of anilines is 1. The molecule has 2 aromatic heterocycles. The number of nitrogen functional groups attached to an aromatic ring is 1. The van der Waals surface area contributed by atoms with Gasteiger partial charge in [0.05, 0.1) is 18.5 Å². The van der Waals surface area contributed by atoms with Crippen molar-refractivity contribution in [1.29, 1.82) is 0 Å². The second-order valence-corrected chi connectivity index (χ2v) is 9.16. The van der Waals surface area contributed by atoms with E-state index in [2.05, 4.69) is 9.69 Å². The number of phenolic OH excluding ortho intramolecular Hbond substituents is 1. The van der Waals surface area contributed by atoms with Gasteiger partial charge >= 0.3 is 0 Å². The number of aromatic nitrogens is 1. The molecule has 0 saturated heterocycles. The molecule has 0 radical (unpaired) electrons. The van der Waals surface area contributed by atoms with Crippen LogP contribution in [-0.4, -0.2) is 37.6 Å². The number of hydrogen-bond donors (Lipinski definition) is 4. The first-order valence-corrected chi connectivity index (χ1v) is 10.7. The fourth-order valence-electron chi connectivity index (χ4n) is 3.18. The number of hydrogen-bond acceptors (Lipinski definition) is 8. The minimum Gasteiger partial charge on any atom is -0.508 e. The Hall–Kier alpha value is -3.86. The summed E-state index contributed by atoms with van der Waals surface area (Å²) in [4.78, 5) is 40.0. The zero-order valence-corrected chi connectivity index (χ0v) is 19.2. The van der Waals surface area contributed by atoms with Crippen LogP contribution in [0.25, 0.3) is 0 Å². The lowest BCUT2D eigenvalue weighted by Gasteiger charge is -2.33. The summed E-state index contributed by atoms with van der Waals surface area (Å²) < 4.78 is 9.33. The molecule has 33 heavy (non-hydrogen) atoms. The van der Waals surface area contributed by atoms with Crippen molar-refractivity contribution in [1.82, 2.24) is 14.6 Å². The van der Waals surface area contributed by atoms with Crippen LogP contribution in [0, 0.1) is 0 Å². The highest BCUT2D eigenvalue weighted by Crippen LogP contribution is 2.31. The number of aromatic hydroxyl groups is 1. The van der Waals surface area contributed by atoms with Gasteiger partial charge in [0.15, 0.2) is 5.69 Å². The number of nitrogens with one attached hydrogen (secondary N) is 1. The Morgan fingerprint density at radius 3 is 2.39 bits per heavy atom. The minimum atomic E-state index is -1.11. The maximum Gasteiger partial charge on any atom is 0.270 e. The summed E-state index contributed by atoms with van der Waals surface area (Å²) in [5.41, 5.74) is 10.8. The molecule has 6 N–H and O–H groups in total. The number of primary amides is 1. The Morgan fingerprint density at radius 2 is 1.88 bits per heavy atom. The molecule has 174 valence electrons. The molecule has 3 rings (SSSR count). The number of furan rings is 1. The zero-order valence-electron chi connectivity index (χ0n) is 18.4. The van der Waals surface area contributed by atoms with Gasteiger partial charge in [-0.2, -0.15) is 4.37 Å². The summed E-state index contributed by atoms with van der Waals surface area (Å²) in [6, 6.07) is 8.17. The molecule has 0 aliphatic carbocycles. The first kappa shape index (κ1) is 23.8. The molecule has 2 heterocycles. The van der Waals surface area contributed by atoms with Crippen molar-refractivity contribution in [3.63, 3.8) is 0 Å². The Balaban J connectivity index is 2.13. The van der Waals surface area contributed by atoms with Gasteiger partial charge in [-0.3, -0.25) is 14.4 Å². The summed E-state index contributed by atoms with van der Waals surface area (Å²) in [5.74, 6) is -1.51. The number of nitrogens with zero attached hydrogens (tertiary/aromatic N) is 2. The van der Waals surface area contributed by atoms with Gasteiger partial charge in [0.25, 0.3) is 11.8 Å². The van der Waals surface area contributed by atoms with Gasteiger partial charge in [0.1, 0.15) is 22.4 Å². The van der Waals surface area contributed by atoms with E-state index in [0.29, 0.717) is 11.3 Å². The average Bonchev–Trinajstić information content (AvgIpc) is 3.36. The molecule has 0 aliphatic rings. The smallest absolute Gasteiger partial charge is 0.270 e. The first-order valence-electron chi connectivity index (χ1n) is 9.97. The quantitative estimate of drug-likeness (QED) is 0.411. The molecule has 0 bridgehead atoms. The fraction of sp³-hybridized carbons (Fsp3) is 0.273. The van der Waals surface area contributed by atoms with Crippen LogP contribution >= 0.6 is 11.5 Å². The summed E-state index contributed by atoms with van der Waals surface area (Å²) in [7, 11) is 0. The van der Waals surface area contributed by atoms with Crippen molar-refractivity contribution in [2.75, 3.05) is 5.73 Å². The molecule has 0 fully saturated rings. The van der Waals surface area contributed by atoms with Crippen LogP contribution in [-0.2, 0) is 11.3 Å². The van der Waals surface area contributed by atoms with Crippen LogP contribution in [0.2, 0.25) is 0 Å². The van der Waals surface area contributed by atoms with Crippen LogP contribution in [0.4, 0.5) is 5.69 Å². The van der Waals surface area contributed by atoms with Crippen LogP contribution < -0.4 is 16.8 Å². The predicted octanol–water partition coefficient (Wildman–Crippen LogP) is 2.42. The lowest BCUT2D eigenvalue weighted by molar-refractivity contribution is -0.127. The highest BCUT2D eigenvalue weighted by Gasteiger charge is 2.36. The van der Waals surface area contributed by atoms with Crippen molar-refractivity contribution < 1.29 is 23.9 Å². The number of benzene rings is 1. The molecular weight excluding hydrogens is 446 g/mol. The summed E-state index contributed by atoms with van der Waals surface area (Å²) in [6.45, 7) is 5.38. The number of phenols is 1. The van der Waals surface area contributed by atoms with Crippen LogP contribution in [0.15, 0.2) is 47.1 Å². The van der Waals surface area contributed by atoms with E-state index in [4.69, 9.17) is 15.9 Å².